The van der Waals surface area contributed by atoms with E-state index in [1.54, 1.807) is 52.0 Å². The molecule has 0 fully saturated rings. The maximum absolute atomic E-state index is 13.3. The number of sulfonamides is 1. The number of ether oxygens (including phenoxy) is 1. The standard InChI is InChI=1S/C25H29NO6S/c1-7-16(4)23(26-33(29,30)19-10-8-14(2)9-11-19)25(28)32-21-13-15(3)12-20-22(21)17(5)18(6)24(27)31-20/h8-13,16,23,26H,7H2,1-6H3/t16-,23-/m1/s1. The van der Waals surface area contributed by atoms with Crippen LogP contribution in [0.1, 0.15) is 42.5 Å². The summed E-state index contributed by atoms with van der Waals surface area (Å²) in [5.74, 6) is -0.827. The number of nitrogens with one attached hydrogen (secondary N) is 1. The van der Waals surface area contributed by atoms with Crippen LogP contribution >= 0.6 is 0 Å². The molecule has 8 heteroatoms. The normalized spacial score (nSPS) is 13.6. The van der Waals surface area contributed by atoms with Crippen molar-refractivity contribution >= 4 is 27.0 Å². The molecule has 0 radical (unpaired) electrons. The molecule has 3 aromatic rings. The van der Waals surface area contributed by atoms with E-state index in [4.69, 9.17) is 9.15 Å². The van der Waals surface area contributed by atoms with Gasteiger partial charge >= 0.3 is 11.6 Å². The SMILES string of the molecule is CC[C@@H](C)[C@@H](NS(=O)(=O)c1ccc(C)cc1)C(=O)Oc1cc(C)cc2oc(=O)c(C)c(C)c12. The summed E-state index contributed by atoms with van der Waals surface area (Å²) >= 11 is 0. The molecule has 2 atom stereocenters. The van der Waals surface area contributed by atoms with E-state index in [0.717, 1.165) is 11.1 Å². The van der Waals surface area contributed by atoms with Gasteiger partial charge in [-0.2, -0.15) is 4.72 Å². The van der Waals surface area contributed by atoms with Crippen molar-refractivity contribution in [3.63, 3.8) is 0 Å². The first-order chi connectivity index (χ1) is 15.4. The number of hydrogen-bond donors (Lipinski definition) is 1. The Morgan fingerprint density at radius 2 is 1.67 bits per heavy atom. The second-order valence-electron chi connectivity index (χ2n) is 8.49. The highest BCUT2D eigenvalue weighted by molar-refractivity contribution is 7.89. The predicted octanol–water partition coefficient (Wildman–Crippen LogP) is 4.33. The van der Waals surface area contributed by atoms with E-state index in [0.29, 0.717) is 28.5 Å². The average Bonchev–Trinajstić information content (AvgIpc) is 2.75. The molecule has 0 saturated heterocycles. The van der Waals surface area contributed by atoms with Crippen LogP contribution in [0.25, 0.3) is 11.0 Å². The number of carbonyl (C=O) groups excluding carboxylic acids is 1. The molecule has 2 aromatic carbocycles. The monoisotopic (exact) mass is 471 g/mol. The second-order valence-corrected chi connectivity index (χ2v) is 10.2. The lowest BCUT2D eigenvalue weighted by Gasteiger charge is -2.23. The quantitative estimate of drug-likeness (QED) is 0.313. The summed E-state index contributed by atoms with van der Waals surface area (Å²) in [7, 11) is -3.95. The molecule has 0 amide bonds. The summed E-state index contributed by atoms with van der Waals surface area (Å²) in [5, 5.41) is 0.510. The summed E-state index contributed by atoms with van der Waals surface area (Å²) in [6.45, 7) is 10.7. The van der Waals surface area contributed by atoms with Crippen LogP contribution in [0, 0.1) is 33.6 Å². The van der Waals surface area contributed by atoms with Crippen molar-refractivity contribution in [3.8, 4) is 5.75 Å². The fraction of sp³-hybridized carbons (Fsp3) is 0.360. The first-order valence-corrected chi connectivity index (χ1v) is 12.3. The number of aryl methyl sites for hydroxylation is 3. The van der Waals surface area contributed by atoms with E-state index in [1.165, 1.54) is 12.1 Å². The second kappa shape index (κ2) is 9.49. The highest BCUT2D eigenvalue weighted by atomic mass is 32.2. The fourth-order valence-electron chi connectivity index (χ4n) is 3.53. The van der Waals surface area contributed by atoms with Gasteiger partial charge in [0.15, 0.2) is 0 Å². The Bertz CT molecular complexity index is 1360. The van der Waals surface area contributed by atoms with Crippen LogP contribution in [0.3, 0.4) is 0 Å². The number of benzene rings is 2. The average molecular weight is 472 g/mol. The van der Waals surface area contributed by atoms with Crippen molar-refractivity contribution in [3.05, 3.63) is 69.1 Å². The summed E-state index contributed by atoms with van der Waals surface area (Å²) in [6.07, 6.45) is 0.553. The van der Waals surface area contributed by atoms with Gasteiger partial charge in [-0.3, -0.25) is 0 Å². The maximum Gasteiger partial charge on any atom is 0.339 e. The van der Waals surface area contributed by atoms with Crippen LogP contribution in [-0.4, -0.2) is 20.4 Å². The van der Waals surface area contributed by atoms with Crippen LogP contribution in [0.2, 0.25) is 0 Å². The van der Waals surface area contributed by atoms with Gasteiger partial charge in [-0.1, -0.05) is 38.0 Å². The number of rotatable bonds is 7. The molecule has 1 heterocycles. The Labute approximate surface area is 193 Å². The lowest BCUT2D eigenvalue weighted by atomic mass is 10.00. The molecular formula is C25H29NO6S. The van der Waals surface area contributed by atoms with Crippen molar-refractivity contribution < 1.29 is 22.4 Å². The number of fused-ring (bicyclic) bond motifs is 1. The van der Waals surface area contributed by atoms with Crippen LogP contribution in [0.5, 0.6) is 5.75 Å². The molecule has 1 N–H and O–H groups in total. The summed E-state index contributed by atoms with van der Waals surface area (Å²) in [5.41, 5.74) is 2.58. The van der Waals surface area contributed by atoms with Crippen molar-refractivity contribution in [1.29, 1.82) is 0 Å². The van der Waals surface area contributed by atoms with E-state index >= 15 is 0 Å². The van der Waals surface area contributed by atoms with Crippen LogP contribution < -0.4 is 15.1 Å². The maximum atomic E-state index is 13.3. The summed E-state index contributed by atoms with van der Waals surface area (Å²) in [4.78, 5) is 25.4. The van der Waals surface area contributed by atoms with Gasteiger partial charge in [-0.15, -0.1) is 0 Å². The number of carbonyl (C=O) groups is 1. The van der Waals surface area contributed by atoms with E-state index in [9.17, 15) is 18.0 Å². The summed E-state index contributed by atoms with van der Waals surface area (Å²) in [6, 6.07) is 8.67. The van der Waals surface area contributed by atoms with Crippen molar-refractivity contribution in [2.75, 3.05) is 0 Å². The molecule has 3 rings (SSSR count). The van der Waals surface area contributed by atoms with Gasteiger partial charge in [-0.25, -0.2) is 18.0 Å². The highest BCUT2D eigenvalue weighted by Crippen LogP contribution is 2.31. The molecule has 0 spiro atoms. The zero-order chi connectivity index (χ0) is 24.5. The smallest absolute Gasteiger partial charge is 0.339 e. The summed E-state index contributed by atoms with van der Waals surface area (Å²) < 4.78 is 39.6. The van der Waals surface area contributed by atoms with Gasteiger partial charge in [0, 0.05) is 5.56 Å². The van der Waals surface area contributed by atoms with Gasteiger partial charge in [0.25, 0.3) is 0 Å². The van der Waals surface area contributed by atoms with Gasteiger partial charge in [0.1, 0.15) is 17.4 Å². The molecule has 1 aromatic heterocycles. The molecule has 176 valence electrons. The Morgan fingerprint density at radius 3 is 2.27 bits per heavy atom. The molecule has 0 aliphatic heterocycles. The van der Waals surface area contributed by atoms with E-state index in [2.05, 4.69) is 4.72 Å². The molecule has 7 nitrogen and oxygen atoms in total. The first kappa shape index (κ1) is 24.7. The third-order valence-corrected chi connectivity index (χ3v) is 7.40. The molecule has 0 bridgehead atoms. The Balaban J connectivity index is 2.01. The van der Waals surface area contributed by atoms with Gasteiger partial charge in [0.05, 0.1) is 10.3 Å². The van der Waals surface area contributed by atoms with E-state index in [1.807, 2.05) is 13.8 Å². The number of esters is 1. The largest absolute Gasteiger partial charge is 0.425 e. The predicted molar refractivity (Wildman–Crippen MR) is 127 cm³/mol. The van der Waals surface area contributed by atoms with Gasteiger partial charge in [0.2, 0.25) is 10.0 Å². The van der Waals surface area contributed by atoms with Crippen LogP contribution in [0.4, 0.5) is 0 Å². The lowest BCUT2D eigenvalue weighted by Crippen LogP contribution is -2.47. The molecule has 0 saturated carbocycles. The topological polar surface area (TPSA) is 103 Å². The minimum Gasteiger partial charge on any atom is -0.425 e. The third kappa shape index (κ3) is 5.17. The van der Waals surface area contributed by atoms with Crippen molar-refractivity contribution in [1.82, 2.24) is 4.72 Å². The number of hydrogen-bond acceptors (Lipinski definition) is 6. The molecule has 0 unspecified atom stereocenters. The van der Waals surface area contributed by atoms with E-state index < -0.39 is 27.7 Å². The Kier molecular flexibility index (Phi) is 7.09. The minimum absolute atomic E-state index is 0.0726. The fourth-order valence-corrected chi connectivity index (χ4v) is 4.82. The van der Waals surface area contributed by atoms with Crippen molar-refractivity contribution in [2.24, 2.45) is 5.92 Å². The molecular weight excluding hydrogens is 442 g/mol. The lowest BCUT2D eigenvalue weighted by molar-refractivity contribution is -0.137. The molecule has 0 aliphatic rings. The zero-order valence-electron chi connectivity index (χ0n) is 19.7. The zero-order valence-corrected chi connectivity index (χ0v) is 20.5. The Morgan fingerprint density at radius 1 is 1.03 bits per heavy atom. The third-order valence-electron chi connectivity index (χ3n) is 5.95. The van der Waals surface area contributed by atoms with Gasteiger partial charge < -0.3 is 9.15 Å². The van der Waals surface area contributed by atoms with Gasteiger partial charge in [-0.05, 0) is 69.0 Å². The van der Waals surface area contributed by atoms with Crippen molar-refractivity contribution in [2.45, 2.75) is 58.9 Å². The highest BCUT2D eigenvalue weighted by Gasteiger charge is 2.32. The minimum atomic E-state index is -3.95. The van der Waals surface area contributed by atoms with Crippen LogP contribution in [-0.2, 0) is 14.8 Å². The molecule has 33 heavy (non-hydrogen) atoms. The Hall–Kier alpha value is -2.97. The van der Waals surface area contributed by atoms with Crippen LogP contribution in [0.15, 0.2) is 50.5 Å². The molecule has 0 aliphatic carbocycles. The van der Waals surface area contributed by atoms with E-state index in [-0.39, 0.29) is 16.6 Å². The first-order valence-electron chi connectivity index (χ1n) is 10.8.